The van der Waals surface area contributed by atoms with Gasteiger partial charge in [-0.2, -0.15) is 0 Å². The Morgan fingerprint density at radius 2 is 1.70 bits per heavy atom. The van der Waals surface area contributed by atoms with Gasteiger partial charge in [0.1, 0.15) is 0 Å². The molecule has 0 nitrogen and oxygen atoms in total. The summed E-state index contributed by atoms with van der Waals surface area (Å²) in [6, 6.07) is 21.7. The largest absolute Gasteiger partial charge is 0.0984 e. The molecule has 0 aliphatic heterocycles. The minimum atomic E-state index is 1.05. The van der Waals surface area contributed by atoms with E-state index in [0.717, 1.165) is 10.8 Å². The van der Waals surface area contributed by atoms with Crippen LogP contribution in [0, 0.1) is 6.92 Å². The highest BCUT2D eigenvalue weighted by Gasteiger charge is 2.10. The van der Waals surface area contributed by atoms with E-state index in [1.165, 1.54) is 38.2 Å². The molecule has 0 N–H and O–H groups in total. The van der Waals surface area contributed by atoms with Crippen LogP contribution in [-0.2, 0) is 0 Å². The summed E-state index contributed by atoms with van der Waals surface area (Å²) in [4.78, 5) is 0. The molecule has 0 unspecified atom stereocenters. The molecule has 0 aliphatic rings. The van der Waals surface area contributed by atoms with Crippen LogP contribution in [0.5, 0.6) is 0 Å². The van der Waals surface area contributed by atoms with Gasteiger partial charge in [0.25, 0.3) is 0 Å². The van der Waals surface area contributed by atoms with E-state index in [4.69, 9.17) is 0 Å². The van der Waals surface area contributed by atoms with Gasteiger partial charge in [-0.3, -0.25) is 0 Å². The van der Waals surface area contributed by atoms with Gasteiger partial charge in [-0.25, -0.2) is 0 Å². The van der Waals surface area contributed by atoms with Crippen molar-refractivity contribution in [1.29, 1.82) is 0 Å². The maximum atomic E-state index is 4.23. The highest BCUT2D eigenvalue weighted by atomic mass is 14.1. The van der Waals surface area contributed by atoms with Crippen molar-refractivity contribution in [3.8, 4) is 11.1 Å². The topological polar surface area (TPSA) is 0 Å². The average Bonchev–Trinajstić information content (AvgIpc) is 2.57. The number of aryl methyl sites for hydroxylation is 1. The van der Waals surface area contributed by atoms with Crippen LogP contribution in [0.15, 0.2) is 67.2 Å². The van der Waals surface area contributed by atoms with Crippen molar-refractivity contribution in [2.75, 3.05) is 0 Å². The zero-order valence-corrected chi connectivity index (χ0v) is 13.3. The van der Waals surface area contributed by atoms with Crippen molar-refractivity contribution in [1.82, 2.24) is 0 Å². The first-order valence-corrected chi connectivity index (χ1v) is 7.85. The fraction of sp³-hybridized carbons (Fsp3) is 0.0435. The fourth-order valence-corrected chi connectivity index (χ4v) is 3.48. The SMILES string of the molecule is C=Cc1ccc2c(-c3cccc(C)c3)ccc3ccc(=C)c1c32. The molecule has 0 fully saturated rings. The molecule has 4 aromatic rings. The van der Waals surface area contributed by atoms with E-state index in [1.807, 2.05) is 6.08 Å². The first kappa shape index (κ1) is 13.8. The number of rotatable bonds is 2. The van der Waals surface area contributed by atoms with E-state index in [1.54, 1.807) is 0 Å². The minimum Gasteiger partial charge on any atom is -0.0984 e. The maximum Gasteiger partial charge on any atom is -0.00208 e. The summed E-state index contributed by atoms with van der Waals surface area (Å²) in [5.74, 6) is 0. The van der Waals surface area contributed by atoms with Crippen LogP contribution in [0.1, 0.15) is 11.1 Å². The van der Waals surface area contributed by atoms with Gasteiger partial charge < -0.3 is 0 Å². The van der Waals surface area contributed by atoms with Crippen molar-refractivity contribution < 1.29 is 0 Å². The number of hydrogen-bond donors (Lipinski definition) is 0. The zero-order valence-electron chi connectivity index (χ0n) is 13.3. The van der Waals surface area contributed by atoms with Crippen molar-refractivity contribution in [2.24, 2.45) is 0 Å². The second-order valence-corrected chi connectivity index (χ2v) is 6.09. The van der Waals surface area contributed by atoms with E-state index in [-0.39, 0.29) is 0 Å². The third-order valence-electron chi connectivity index (χ3n) is 4.58. The van der Waals surface area contributed by atoms with E-state index < -0.39 is 0 Å². The Hall–Kier alpha value is -2.86. The van der Waals surface area contributed by atoms with Gasteiger partial charge >= 0.3 is 0 Å². The second-order valence-electron chi connectivity index (χ2n) is 6.09. The lowest BCUT2D eigenvalue weighted by Gasteiger charge is -2.14. The molecule has 0 heterocycles. The summed E-state index contributed by atoms with van der Waals surface area (Å²) in [6.45, 7) is 10.3. The Balaban J connectivity index is 2.20. The smallest absolute Gasteiger partial charge is 0.00208 e. The van der Waals surface area contributed by atoms with Crippen LogP contribution in [0.2, 0.25) is 0 Å². The molecule has 0 bridgehead atoms. The molecule has 0 amide bonds. The van der Waals surface area contributed by atoms with Gasteiger partial charge in [-0.05, 0) is 50.4 Å². The summed E-state index contributed by atoms with van der Waals surface area (Å²) < 4.78 is 0. The summed E-state index contributed by atoms with van der Waals surface area (Å²) in [7, 11) is 0. The Kier molecular flexibility index (Phi) is 3.06. The molecule has 23 heavy (non-hydrogen) atoms. The van der Waals surface area contributed by atoms with Gasteiger partial charge in [-0.15, -0.1) is 0 Å². The maximum absolute atomic E-state index is 4.23. The Bertz CT molecular complexity index is 1100. The van der Waals surface area contributed by atoms with E-state index in [9.17, 15) is 0 Å². The van der Waals surface area contributed by atoms with Crippen molar-refractivity contribution in [2.45, 2.75) is 6.92 Å². The molecule has 0 heteroatoms. The van der Waals surface area contributed by atoms with Gasteiger partial charge in [0.2, 0.25) is 0 Å². The first-order chi connectivity index (χ1) is 11.2. The highest BCUT2D eigenvalue weighted by Crippen LogP contribution is 2.35. The van der Waals surface area contributed by atoms with Gasteiger partial charge in [0.05, 0.1) is 0 Å². The van der Waals surface area contributed by atoms with Crippen LogP contribution in [0.25, 0.3) is 45.3 Å². The summed E-state index contributed by atoms with van der Waals surface area (Å²) >= 11 is 0. The molecule has 4 aromatic carbocycles. The molecule has 0 aromatic heterocycles. The third-order valence-corrected chi connectivity index (χ3v) is 4.58. The second kappa shape index (κ2) is 5.10. The average molecular weight is 294 g/mol. The molecule has 0 saturated heterocycles. The molecular formula is C23H18. The van der Waals surface area contributed by atoms with Crippen LogP contribution >= 0.6 is 0 Å². The summed E-state index contributed by atoms with van der Waals surface area (Å²) in [6.07, 6.45) is 1.92. The van der Waals surface area contributed by atoms with Crippen molar-refractivity contribution >= 4 is 34.2 Å². The van der Waals surface area contributed by atoms with Gasteiger partial charge in [0.15, 0.2) is 0 Å². The predicted molar refractivity (Wildman–Crippen MR) is 102 cm³/mol. The van der Waals surface area contributed by atoms with Crippen molar-refractivity contribution in [3.63, 3.8) is 0 Å². The Labute approximate surface area is 136 Å². The molecule has 4 rings (SSSR count). The lowest BCUT2D eigenvalue weighted by Crippen LogP contribution is -2.01. The van der Waals surface area contributed by atoms with E-state index >= 15 is 0 Å². The van der Waals surface area contributed by atoms with Crippen LogP contribution in [-0.4, -0.2) is 0 Å². The molecule has 0 atom stereocenters. The van der Waals surface area contributed by atoms with Crippen molar-refractivity contribution in [3.05, 3.63) is 83.6 Å². The molecule has 0 aliphatic carbocycles. The minimum absolute atomic E-state index is 1.05. The lowest BCUT2D eigenvalue weighted by atomic mass is 9.90. The molecular weight excluding hydrogens is 276 g/mol. The first-order valence-electron chi connectivity index (χ1n) is 7.85. The summed E-state index contributed by atoms with van der Waals surface area (Å²) in [5, 5.41) is 6.08. The normalized spacial score (nSPS) is 11.2. The zero-order chi connectivity index (χ0) is 16.0. The molecule has 0 radical (unpaired) electrons. The van der Waals surface area contributed by atoms with Gasteiger partial charge in [0, 0.05) is 0 Å². The van der Waals surface area contributed by atoms with Crippen LogP contribution < -0.4 is 5.22 Å². The molecule has 0 spiro atoms. The van der Waals surface area contributed by atoms with Crippen LogP contribution in [0.4, 0.5) is 0 Å². The Morgan fingerprint density at radius 3 is 2.48 bits per heavy atom. The third kappa shape index (κ3) is 2.07. The monoisotopic (exact) mass is 294 g/mol. The molecule has 0 saturated carbocycles. The number of hydrogen-bond acceptors (Lipinski definition) is 0. The predicted octanol–water partition coefficient (Wildman–Crippen LogP) is 5.74. The Morgan fingerprint density at radius 1 is 0.870 bits per heavy atom. The highest BCUT2D eigenvalue weighted by molar-refractivity contribution is 6.17. The van der Waals surface area contributed by atoms with Gasteiger partial charge in [-0.1, -0.05) is 85.5 Å². The standard InChI is InChI=1S/C23H18/c1-4-17-10-13-21-20(19-7-5-6-15(2)14-19)12-11-18-9-8-16(3)22(17)23(18)21/h4-14H,1,3H2,2H3. The molecule has 110 valence electrons. The van der Waals surface area contributed by atoms with Crippen LogP contribution in [0.3, 0.4) is 0 Å². The number of benzene rings is 4. The lowest BCUT2D eigenvalue weighted by molar-refractivity contribution is 1.47. The van der Waals surface area contributed by atoms with E-state index in [0.29, 0.717) is 0 Å². The fourth-order valence-electron chi connectivity index (χ4n) is 3.48. The van der Waals surface area contributed by atoms with E-state index in [2.05, 4.69) is 80.7 Å². The quantitative estimate of drug-likeness (QED) is 0.442. The summed E-state index contributed by atoms with van der Waals surface area (Å²) in [5.41, 5.74) is 4.95.